The van der Waals surface area contributed by atoms with Crippen molar-refractivity contribution >= 4 is 5.91 Å². The van der Waals surface area contributed by atoms with E-state index in [1.807, 2.05) is 20.8 Å². The fourth-order valence-electron chi connectivity index (χ4n) is 2.77. The number of benzene rings is 1. The second-order valence-electron chi connectivity index (χ2n) is 7.31. The first-order chi connectivity index (χ1) is 11.8. The molecule has 3 rings (SSSR count). The van der Waals surface area contributed by atoms with Gasteiger partial charge in [-0.3, -0.25) is 4.79 Å². The van der Waals surface area contributed by atoms with Gasteiger partial charge in [-0.05, 0) is 18.2 Å². The van der Waals surface area contributed by atoms with E-state index in [4.69, 9.17) is 9.15 Å². The lowest BCUT2D eigenvalue weighted by atomic mass is 9.94. The zero-order chi connectivity index (χ0) is 18.0. The van der Waals surface area contributed by atoms with Crippen LogP contribution in [0.4, 0.5) is 4.39 Å². The maximum absolute atomic E-state index is 13.5. The molecule has 0 aliphatic carbocycles. The van der Waals surface area contributed by atoms with Crippen LogP contribution < -0.4 is 10.1 Å². The molecule has 0 radical (unpaired) electrons. The molecule has 2 heterocycles. The van der Waals surface area contributed by atoms with Crippen LogP contribution in [0.25, 0.3) is 0 Å². The van der Waals surface area contributed by atoms with E-state index in [1.54, 1.807) is 12.3 Å². The third-order valence-electron chi connectivity index (χ3n) is 4.21. The van der Waals surface area contributed by atoms with E-state index >= 15 is 0 Å². The molecule has 2 aromatic rings. The number of ether oxygens (including phenoxy) is 1. The van der Waals surface area contributed by atoms with E-state index in [1.165, 1.54) is 12.1 Å². The van der Waals surface area contributed by atoms with E-state index in [0.29, 0.717) is 36.7 Å². The summed E-state index contributed by atoms with van der Waals surface area (Å²) in [5.41, 5.74) is 0.578. The van der Waals surface area contributed by atoms with Crippen LogP contribution >= 0.6 is 0 Å². The third-order valence-corrected chi connectivity index (χ3v) is 4.21. The van der Waals surface area contributed by atoms with Gasteiger partial charge >= 0.3 is 0 Å². The smallest absolute Gasteiger partial charge is 0.220 e. The van der Waals surface area contributed by atoms with Crippen molar-refractivity contribution in [2.45, 2.75) is 51.5 Å². The van der Waals surface area contributed by atoms with Crippen LogP contribution in [0.15, 0.2) is 28.8 Å². The number of halogens is 1. The summed E-state index contributed by atoms with van der Waals surface area (Å²) < 4.78 is 24.7. The number of hydrogen-bond acceptors (Lipinski definition) is 4. The largest absolute Gasteiger partial charge is 0.493 e. The van der Waals surface area contributed by atoms with E-state index in [2.05, 4.69) is 10.3 Å². The Morgan fingerprint density at radius 3 is 2.92 bits per heavy atom. The summed E-state index contributed by atoms with van der Waals surface area (Å²) in [6, 6.07) is 4.15. The SMILES string of the molecule is CC(C)(C)c1cnc(CCC(=O)NC2CCOc3ccc(F)cc32)o1. The van der Waals surface area contributed by atoms with Gasteiger partial charge in [0.2, 0.25) is 5.91 Å². The van der Waals surface area contributed by atoms with Crippen LogP contribution in [-0.4, -0.2) is 17.5 Å². The minimum absolute atomic E-state index is 0.108. The second kappa shape index (κ2) is 6.86. The maximum atomic E-state index is 13.5. The Hall–Kier alpha value is -2.37. The molecule has 0 bridgehead atoms. The number of fused-ring (bicyclic) bond motifs is 1. The summed E-state index contributed by atoms with van der Waals surface area (Å²) in [7, 11) is 0. The Labute approximate surface area is 146 Å². The minimum atomic E-state index is -0.335. The second-order valence-corrected chi connectivity index (χ2v) is 7.31. The number of carbonyl (C=O) groups excluding carboxylic acids is 1. The number of nitrogens with zero attached hydrogens (tertiary/aromatic N) is 1. The Bertz CT molecular complexity index is 764. The highest BCUT2D eigenvalue weighted by Gasteiger charge is 2.24. The quantitative estimate of drug-likeness (QED) is 0.917. The fourth-order valence-corrected chi connectivity index (χ4v) is 2.77. The molecule has 0 spiro atoms. The average molecular weight is 346 g/mol. The molecule has 5 nitrogen and oxygen atoms in total. The van der Waals surface area contributed by atoms with Gasteiger partial charge in [0.1, 0.15) is 17.3 Å². The Morgan fingerprint density at radius 2 is 2.20 bits per heavy atom. The van der Waals surface area contributed by atoms with Crippen molar-refractivity contribution in [3.8, 4) is 5.75 Å². The highest BCUT2D eigenvalue weighted by Crippen LogP contribution is 2.32. The topological polar surface area (TPSA) is 64.4 Å². The number of aromatic nitrogens is 1. The monoisotopic (exact) mass is 346 g/mol. The van der Waals surface area contributed by atoms with Gasteiger partial charge in [0.25, 0.3) is 0 Å². The average Bonchev–Trinajstić information content (AvgIpc) is 3.03. The lowest BCUT2D eigenvalue weighted by Gasteiger charge is -2.26. The molecule has 0 saturated carbocycles. The Morgan fingerprint density at radius 1 is 1.40 bits per heavy atom. The van der Waals surface area contributed by atoms with Gasteiger partial charge in [-0.15, -0.1) is 0 Å². The van der Waals surface area contributed by atoms with Crippen molar-refractivity contribution in [3.63, 3.8) is 0 Å². The van der Waals surface area contributed by atoms with E-state index < -0.39 is 0 Å². The summed E-state index contributed by atoms with van der Waals surface area (Å²) >= 11 is 0. The number of hydrogen-bond donors (Lipinski definition) is 1. The summed E-state index contributed by atoms with van der Waals surface area (Å²) in [5, 5.41) is 2.95. The van der Waals surface area contributed by atoms with Gasteiger partial charge in [-0.1, -0.05) is 20.8 Å². The lowest BCUT2D eigenvalue weighted by molar-refractivity contribution is -0.122. The van der Waals surface area contributed by atoms with E-state index in [0.717, 1.165) is 5.76 Å². The van der Waals surface area contributed by atoms with Gasteiger partial charge in [0, 0.05) is 30.2 Å². The van der Waals surface area contributed by atoms with Crippen molar-refractivity contribution in [3.05, 3.63) is 47.4 Å². The molecule has 0 saturated heterocycles. The fraction of sp³-hybridized carbons (Fsp3) is 0.474. The van der Waals surface area contributed by atoms with Crippen LogP contribution in [0.2, 0.25) is 0 Å². The highest BCUT2D eigenvalue weighted by molar-refractivity contribution is 5.76. The molecule has 1 amide bonds. The van der Waals surface area contributed by atoms with Gasteiger partial charge in [0.15, 0.2) is 5.89 Å². The van der Waals surface area contributed by atoms with Crippen molar-refractivity contribution < 1.29 is 18.3 Å². The van der Waals surface area contributed by atoms with Gasteiger partial charge in [-0.25, -0.2) is 9.37 Å². The molecule has 6 heteroatoms. The molecule has 134 valence electrons. The van der Waals surface area contributed by atoms with Gasteiger partial charge in [0.05, 0.1) is 18.8 Å². The normalized spacial score (nSPS) is 16.9. The number of carbonyl (C=O) groups is 1. The first-order valence-corrected chi connectivity index (χ1v) is 8.50. The first-order valence-electron chi connectivity index (χ1n) is 8.50. The molecule has 1 aliphatic rings. The van der Waals surface area contributed by atoms with Crippen molar-refractivity contribution in [2.24, 2.45) is 0 Å². The van der Waals surface area contributed by atoms with Crippen LogP contribution in [0.1, 0.15) is 56.9 Å². The Kier molecular flexibility index (Phi) is 4.79. The number of nitrogens with one attached hydrogen (secondary N) is 1. The summed E-state index contributed by atoms with van der Waals surface area (Å²) in [4.78, 5) is 16.5. The lowest BCUT2D eigenvalue weighted by Crippen LogP contribution is -2.32. The van der Waals surface area contributed by atoms with E-state index in [-0.39, 0.29) is 29.6 Å². The number of aryl methyl sites for hydroxylation is 1. The van der Waals surface area contributed by atoms with Gasteiger partial charge in [-0.2, -0.15) is 0 Å². The van der Waals surface area contributed by atoms with Crippen molar-refractivity contribution in [2.75, 3.05) is 6.61 Å². The van der Waals surface area contributed by atoms with Crippen LogP contribution in [0.5, 0.6) is 5.75 Å². The zero-order valence-electron chi connectivity index (χ0n) is 14.8. The van der Waals surface area contributed by atoms with Crippen LogP contribution in [0, 0.1) is 5.82 Å². The zero-order valence-corrected chi connectivity index (χ0v) is 14.8. The predicted molar refractivity (Wildman–Crippen MR) is 90.9 cm³/mol. The number of amides is 1. The van der Waals surface area contributed by atoms with E-state index in [9.17, 15) is 9.18 Å². The van der Waals surface area contributed by atoms with Crippen molar-refractivity contribution in [1.82, 2.24) is 10.3 Å². The maximum Gasteiger partial charge on any atom is 0.220 e. The number of oxazole rings is 1. The molecule has 25 heavy (non-hydrogen) atoms. The predicted octanol–water partition coefficient (Wildman–Crippen LogP) is 3.68. The van der Waals surface area contributed by atoms with Crippen molar-refractivity contribution in [1.29, 1.82) is 0 Å². The molecule has 0 fully saturated rings. The summed E-state index contributed by atoms with van der Waals surface area (Å²) in [6.45, 7) is 6.64. The molecule has 1 N–H and O–H groups in total. The molecule has 1 aliphatic heterocycles. The standard InChI is InChI=1S/C19H23FN2O3/c1-19(2,3)16-11-21-18(25-16)7-6-17(23)22-14-8-9-24-15-5-4-12(20)10-13(14)15/h4-5,10-11,14H,6-9H2,1-3H3,(H,22,23). The molecular weight excluding hydrogens is 323 g/mol. The molecule has 1 aromatic carbocycles. The molecular formula is C19H23FN2O3. The highest BCUT2D eigenvalue weighted by atomic mass is 19.1. The summed E-state index contributed by atoms with van der Waals surface area (Å²) in [5.74, 6) is 1.53. The molecule has 1 atom stereocenters. The van der Waals surface area contributed by atoms with Gasteiger partial charge < -0.3 is 14.5 Å². The molecule has 1 unspecified atom stereocenters. The summed E-state index contributed by atoms with van der Waals surface area (Å²) in [6.07, 6.45) is 3.04. The Balaban J connectivity index is 1.59. The first kappa shape index (κ1) is 17.5. The minimum Gasteiger partial charge on any atom is -0.493 e. The van der Waals surface area contributed by atoms with Crippen LogP contribution in [0.3, 0.4) is 0 Å². The third kappa shape index (κ3) is 4.18. The molecule has 1 aromatic heterocycles. The number of rotatable bonds is 4. The van der Waals surface area contributed by atoms with Crippen LogP contribution in [-0.2, 0) is 16.6 Å².